The molecule has 1 spiro atoms. The van der Waals surface area contributed by atoms with Gasteiger partial charge in [-0.1, -0.05) is 41.4 Å². The van der Waals surface area contributed by atoms with Crippen LogP contribution in [0.25, 0.3) is 0 Å². The molecule has 2 amide bonds. The summed E-state index contributed by atoms with van der Waals surface area (Å²) in [5.41, 5.74) is -0.756. The number of fused-ring (bicyclic) bond motifs is 3. The van der Waals surface area contributed by atoms with Crippen LogP contribution in [0.4, 0.5) is 28.9 Å². The molecule has 0 unspecified atom stereocenters. The van der Waals surface area contributed by atoms with Gasteiger partial charge in [-0.25, -0.2) is 9.18 Å². The van der Waals surface area contributed by atoms with Crippen LogP contribution >= 0.6 is 23.2 Å². The van der Waals surface area contributed by atoms with Crippen LogP contribution in [0.15, 0.2) is 60.7 Å². The van der Waals surface area contributed by atoms with Crippen LogP contribution in [0.1, 0.15) is 33.8 Å². The number of hydrogen-bond acceptors (Lipinski definition) is 5. The summed E-state index contributed by atoms with van der Waals surface area (Å²) in [7, 11) is 1.23. The molecule has 2 saturated heterocycles. The third-order valence-electron chi connectivity index (χ3n) is 8.54. The van der Waals surface area contributed by atoms with Crippen molar-refractivity contribution in [1.82, 2.24) is 4.90 Å². The molecule has 2 fully saturated rings. The Morgan fingerprint density at radius 1 is 1.09 bits per heavy atom. The van der Waals surface area contributed by atoms with Crippen molar-refractivity contribution in [3.05, 3.63) is 93.2 Å². The van der Waals surface area contributed by atoms with E-state index in [-0.39, 0.29) is 33.4 Å². The number of nitrogens with zero attached hydrogens (tertiary/aromatic N) is 2. The van der Waals surface area contributed by atoms with Crippen molar-refractivity contribution in [3.63, 3.8) is 0 Å². The Morgan fingerprint density at radius 2 is 1.81 bits per heavy atom. The number of likely N-dealkylation sites (tertiary alicyclic amines) is 1. The van der Waals surface area contributed by atoms with Gasteiger partial charge in [-0.2, -0.15) is 13.2 Å². The summed E-state index contributed by atoms with van der Waals surface area (Å²) in [5, 5.41) is 2.75. The topological polar surface area (TPSA) is 78.9 Å². The number of methoxy groups -OCH3 is 1. The maximum atomic E-state index is 15.9. The second-order valence-corrected chi connectivity index (χ2v) is 11.5. The van der Waals surface area contributed by atoms with Crippen molar-refractivity contribution < 1.29 is 36.7 Å². The standard InChI is InChI=1S/C30H23Cl2F4N3O4/c1-43-27(41)15-5-8-17(9-6-15)38-14-22-23(26(38)40)24(18-3-2-4-20(32)25(18)33)30(39(22)12-11-29(34,35)36)19-10-7-16(31)13-21(19)37-28(30)42/h2-10,13,22-24H,11-12,14H2,1H3,(H,37,42)/t22-,23+,24-,30+/m0/s1. The van der Waals surface area contributed by atoms with Crippen molar-refractivity contribution in [3.8, 4) is 0 Å². The number of nitrogens with one attached hydrogen (secondary N) is 1. The van der Waals surface area contributed by atoms with E-state index in [9.17, 15) is 27.6 Å². The molecule has 3 aliphatic rings. The van der Waals surface area contributed by atoms with Gasteiger partial charge in [0.1, 0.15) is 11.4 Å². The van der Waals surface area contributed by atoms with E-state index in [1.54, 1.807) is 0 Å². The Hall–Kier alpha value is -3.67. The number of amides is 2. The van der Waals surface area contributed by atoms with E-state index in [0.717, 1.165) is 0 Å². The van der Waals surface area contributed by atoms with E-state index in [2.05, 4.69) is 5.32 Å². The first-order chi connectivity index (χ1) is 20.4. The van der Waals surface area contributed by atoms with Crippen LogP contribution < -0.4 is 10.2 Å². The predicted molar refractivity (Wildman–Crippen MR) is 151 cm³/mol. The molecule has 7 nitrogen and oxygen atoms in total. The summed E-state index contributed by atoms with van der Waals surface area (Å²) < 4.78 is 61.8. The highest BCUT2D eigenvalue weighted by molar-refractivity contribution is 6.31. The van der Waals surface area contributed by atoms with Crippen LogP contribution in [-0.2, 0) is 19.9 Å². The molecule has 43 heavy (non-hydrogen) atoms. The Kier molecular flexibility index (Phi) is 7.18. The van der Waals surface area contributed by atoms with Crippen LogP contribution in [0.5, 0.6) is 0 Å². The molecule has 224 valence electrons. The number of ether oxygens (including phenoxy) is 1. The fourth-order valence-electron chi connectivity index (χ4n) is 6.87. The quantitative estimate of drug-likeness (QED) is 0.269. The van der Waals surface area contributed by atoms with Crippen molar-refractivity contribution >= 4 is 52.4 Å². The van der Waals surface area contributed by atoms with Gasteiger partial charge < -0.3 is 15.0 Å². The zero-order valence-corrected chi connectivity index (χ0v) is 23.9. The zero-order chi connectivity index (χ0) is 30.8. The van der Waals surface area contributed by atoms with Crippen molar-refractivity contribution in [1.29, 1.82) is 0 Å². The predicted octanol–water partition coefficient (Wildman–Crippen LogP) is 6.15. The van der Waals surface area contributed by atoms with Gasteiger partial charge in [0.2, 0.25) is 11.8 Å². The van der Waals surface area contributed by atoms with Gasteiger partial charge in [0, 0.05) is 47.0 Å². The number of anilines is 2. The van der Waals surface area contributed by atoms with Crippen LogP contribution in [0.2, 0.25) is 10.0 Å². The Labute approximate surface area is 253 Å². The highest BCUT2D eigenvalue weighted by Crippen LogP contribution is 2.62. The number of rotatable bonds is 5. The summed E-state index contributed by atoms with van der Waals surface area (Å²) in [4.78, 5) is 43.1. The van der Waals surface area contributed by atoms with Gasteiger partial charge in [0.05, 0.1) is 30.0 Å². The van der Waals surface area contributed by atoms with Crippen molar-refractivity contribution in [2.75, 3.05) is 30.4 Å². The number of halogens is 6. The molecule has 6 rings (SSSR count). The minimum Gasteiger partial charge on any atom is -0.465 e. The molecule has 13 heteroatoms. The Bertz CT molecular complexity index is 1650. The van der Waals surface area contributed by atoms with E-state index in [1.807, 2.05) is 0 Å². The monoisotopic (exact) mass is 635 g/mol. The minimum absolute atomic E-state index is 0.0637. The lowest BCUT2D eigenvalue weighted by Gasteiger charge is -2.41. The van der Waals surface area contributed by atoms with E-state index >= 15 is 4.39 Å². The third-order valence-corrected chi connectivity index (χ3v) is 9.06. The lowest BCUT2D eigenvalue weighted by atomic mass is 9.71. The summed E-state index contributed by atoms with van der Waals surface area (Å²) in [6.07, 6.45) is -5.86. The number of alkyl halides is 3. The maximum Gasteiger partial charge on any atom is 0.390 e. The third kappa shape index (κ3) is 4.56. The first kappa shape index (κ1) is 29.4. The molecule has 0 saturated carbocycles. The highest BCUT2D eigenvalue weighted by atomic mass is 35.5. The Morgan fingerprint density at radius 3 is 2.49 bits per heavy atom. The van der Waals surface area contributed by atoms with Gasteiger partial charge in [-0.15, -0.1) is 0 Å². The normalized spacial score (nSPS) is 24.8. The van der Waals surface area contributed by atoms with Gasteiger partial charge >= 0.3 is 12.1 Å². The van der Waals surface area contributed by atoms with E-state index < -0.39 is 66.2 Å². The molecular weight excluding hydrogens is 613 g/mol. The Balaban J connectivity index is 1.55. The van der Waals surface area contributed by atoms with E-state index in [4.69, 9.17) is 27.9 Å². The van der Waals surface area contributed by atoms with Gasteiger partial charge in [-0.3, -0.25) is 14.5 Å². The first-order valence-electron chi connectivity index (χ1n) is 13.3. The largest absolute Gasteiger partial charge is 0.465 e. The lowest BCUT2D eigenvalue weighted by Crippen LogP contribution is -2.54. The summed E-state index contributed by atoms with van der Waals surface area (Å²) >= 11 is 12.4. The minimum atomic E-state index is -4.58. The van der Waals surface area contributed by atoms with Crippen molar-refractivity contribution in [2.24, 2.45) is 5.92 Å². The smallest absolute Gasteiger partial charge is 0.390 e. The highest BCUT2D eigenvalue weighted by Gasteiger charge is 2.71. The molecule has 0 radical (unpaired) electrons. The molecule has 3 aliphatic heterocycles. The van der Waals surface area contributed by atoms with Crippen molar-refractivity contribution in [2.45, 2.75) is 30.1 Å². The molecule has 0 aliphatic carbocycles. The average Bonchev–Trinajstić information content (AvgIpc) is 3.55. The molecule has 3 aromatic carbocycles. The average molecular weight is 636 g/mol. The van der Waals surface area contributed by atoms with Gasteiger partial charge in [0.25, 0.3) is 0 Å². The summed E-state index contributed by atoms with van der Waals surface area (Å²) in [6.45, 7) is -0.725. The number of esters is 1. The second kappa shape index (κ2) is 10.5. The van der Waals surface area contributed by atoms with Gasteiger partial charge in [0.15, 0.2) is 0 Å². The number of benzene rings is 3. The fraction of sp³-hybridized carbons (Fsp3) is 0.300. The lowest BCUT2D eigenvalue weighted by molar-refractivity contribution is -0.146. The SMILES string of the molecule is COC(=O)c1ccc(N2C[C@H]3[C@@H](C2=O)[C@H](c2cccc(Cl)c2F)[C@]2(C(=O)Nc4cc(Cl)ccc42)N3CCC(F)(F)F)cc1. The molecule has 1 N–H and O–H groups in total. The van der Waals surface area contributed by atoms with Gasteiger partial charge in [-0.05, 0) is 48.0 Å². The molecule has 4 atom stereocenters. The number of carbonyl (C=O) groups excluding carboxylic acids is 3. The van der Waals surface area contributed by atoms with Crippen LogP contribution in [-0.4, -0.2) is 55.1 Å². The molecule has 3 aromatic rings. The number of hydrogen-bond donors (Lipinski definition) is 1. The first-order valence-corrected chi connectivity index (χ1v) is 14.0. The summed E-state index contributed by atoms with van der Waals surface area (Å²) in [5.74, 6) is -5.03. The van der Waals surface area contributed by atoms with Crippen LogP contribution in [0, 0.1) is 11.7 Å². The van der Waals surface area contributed by atoms with Crippen LogP contribution in [0.3, 0.4) is 0 Å². The summed E-state index contributed by atoms with van der Waals surface area (Å²) in [6, 6.07) is 13.7. The molecule has 0 bridgehead atoms. The zero-order valence-electron chi connectivity index (χ0n) is 22.4. The fourth-order valence-corrected chi connectivity index (χ4v) is 7.23. The molecule has 0 aromatic heterocycles. The van der Waals surface area contributed by atoms with E-state index in [1.165, 1.54) is 77.6 Å². The number of carbonyl (C=O) groups is 3. The molecule has 3 heterocycles. The van der Waals surface area contributed by atoms with E-state index in [0.29, 0.717) is 11.3 Å². The second-order valence-electron chi connectivity index (χ2n) is 10.7. The maximum absolute atomic E-state index is 15.9. The molecular formula is C30H23Cl2F4N3O4.